The van der Waals surface area contributed by atoms with Crippen LogP contribution < -0.4 is 5.32 Å². The Morgan fingerprint density at radius 2 is 1.77 bits per heavy atom. The molecule has 1 amide bonds. The molecular formula is C29H30N4O4S2. The summed E-state index contributed by atoms with van der Waals surface area (Å²) in [4.78, 5) is 16.4. The Balaban J connectivity index is 1.30. The molecular weight excluding hydrogens is 532 g/mol. The van der Waals surface area contributed by atoms with Gasteiger partial charge in [0, 0.05) is 36.2 Å². The van der Waals surface area contributed by atoms with E-state index in [0.717, 1.165) is 37.4 Å². The van der Waals surface area contributed by atoms with Crippen LogP contribution >= 0.6 is 23.1 Å². The molecule has 2 aromatic heterocycles. The first-order chi connectivity index (χ1) is 19.0. The first-order valence-electron chi connectivity index (χ1n) is 12.7. The first kappa shape index (κ1) is 27.4. The van der Waals surface area contributed by atoms with Crippen LogP contribution in [0.5, 0.6) is 0 Å². The van der Waals surface area contributed by atoms with E-state index in [0.29, 0.717) is 12.1 Å². The average Bonchev–Trinajstić information content (AvgIpc) is 3.41. The van der Waals surface area contributed by atoms with E-state index in [1.165, 1.54) is 0 Å². The predicted octanol–water partition coefficient (Wildman–Crippen LogP) is 5.25. The summed E-state index contributed by atoms with van der Waals surface area (Å²) in [7, 11) is 0. The number of aliphatic hydroxyl groups excluding tert-OH is 1. The summed E-state index contributed by atoms with van der Waals surface area (Å²) in [6.07, 6.45) is 2.37. The molecule has 39 heavy (non-hydrogen) atoms. The van der Waals surface area contributed by atoms with E-state index in [1.54, 1.807) is 47.6 Å². The molecule has 8 nitrogen and oxygen atoms in total. The van der Waals surface area contributed by atoms with Gasteiger partial charge in [-0.25, -0.2) is 0 Å². The van der Waals surface area contributed by atoms with Gasteiger partial charge >= 0.3 is 0 Å². The number of hydrogen-bond acceptors (Lipinski definition) is 9. The van der Waals surface area contributed by atoms with Gasteiger partial charge in [0.2, 0.25) is 0 Å². The second-order valence-corrected chi connectivity index (χ2v) is 11.8. The zero-order valence-corrected chi connectivity index (χ0v) is 23.3. The van der Waals surface area contributed by atoms with Crippen LogP contribution in [-0.4, -0.2) is 38.1 Å². The number of benzene rings is 2. The number of ether oxygens (including phenoxy) is 2. The molecule has 4 atom stereocenters. The predicted molar refractivity (Wildman–Crippen MR) is 150 cm³/mol. The van der Waals surface area contributed by atoms with Crippen LogP contribution in [0.4, 0.5) is 0 Å². The number of carbonyl (C=O) groups is 1. The standard InChI is InChI=1S/C29H30N4O4S2/c1-18-25(17-38-29-33-32-19(2)39-29)36-28(37-26(18)22-9-7-21(16-34)8-10-22)23-11-5-20(6-12-23)14-31-27(35)24-4-3-13-30-15-24/h3-13,15,18,25-26,28,34H,14,16-17H2,1-2H3,(H,31,35)/t18-,25+,26+,28+/m1/s1. The summed E-state index contributed by atoms with van der Waals surface area (Å²) in [5.41, 5.74) is 4.31. The molecule has 0 aliphatic carbocycles. The van der Waals surface area contributed by atoms with E-state index >= 15 is 0 Å². The number of carbonyl (C=O) groups excluding carboxylic acids is 1. The van der Waals surface area contributed by atoms with Crippen molar-refractivity contribution >= 4 is 29.0 Å². The summed E-state index contributed by atoms with van der Waals surface area (Å²) >= 11 is 3.23. The monoisotopic (exact) mass is 562 g/mol. The zero-order valence-electron chi connectivity index (χ0n) is 21.7. The van der Waals surface area contributed by atoms with Gasteiger partial charge in [-0.05, 0) is 35.7 Å². The van der Waals surface area contributed by atoms with Gasteiger partial charge in [0.05, 0.1) is 24.4 Å². The van der Waals surface area contributed by atoms with Crippen molar-refractivity contribution in [2.45, 2.75) is 49.8 Å². The van der Waals surface area contributed by atoms with Gasteiger partial charge in [0.1, 0.15) is 5.01 Å². The Bertz CT molecular complexity index is 1370. The summed E-state index contributed by atoms with van der Waals surface area (Å²) in [6, 6.07) is 19.3. The highest BCUT2D eigenvalue weighted by Crippen LogP contribution is 2.43. The van der Waals surface area contributed by atoms with Gasteiger partial charge in [0.25, 0.3) is 5.91 Å². The second-order valence-electron chi connectivity index (χ2n) is 9.39. The number of aliphatic hydroxyl groups is 1. The Labute approximate surface area is 235 Å². The quantitative estimate of drug-likeness (QED) is 0.267. The number of rotatable bonds is 9. The number of amides is 1. The lowest BCUT2D eigenvalue weighted by Gasteiger charge is -2.41. The summed E-state index contributed by atoms with van der Waals surface area (Å²) in [5, 5.41) is 21.7. The second kappa shape index (κ2) is 12.8. The number of nitrogens with zero attached hydrogens (tertiary/aromatic N) is 3. The molecule has 0 unspecified atom stereocenters. The van der Waals surface area contributed by atoms with Crippen LogP contribution in [0.2, 0.25) is 0 Å². The van der Waals surface area contributed by atoms with Crippen molar-refractivity contribution in [3.63, 3.8) is 0 Å². The topological polar surface area (TPSA) is 106 Å². The van der Waals surface area contributed by atoms with Gasteiger partial charge in [-0.3, -0.25) is 9.78 Å². The first-order valence-corrected chi connectivity index (χ1v) is 14.5. The number of hydrogen-bond donors (Lipinski definition) is 2. The minimum atomic E-state index is -0.551. The summed E-state index contributed by atoms with van der Waals surface area (Å²) in [6.45, 7) is 4.50. The number of aromatic nitrogens is 3. The Hall–Kier alpha value is -3.15. The maximum atomic E-state index is 12.4. The van der Waals surface area contributed by atoms with Crippen molar-refractivity contribution in [3.8, 4) is 0 Å². The molecule has 3 heterocycles. The third kappa shape index (κ3) is 6.90. The van der Waals surface area contributed by atoms with Gasteiger partial charge in [-0.1, -0.05) is 78.6 Å². The molecule has 1 aliphatic rings. The summed E-state index contributed by atoms with van der Waals surface area (Å²) < 4.78 is 14.0. The molecule has 2 aromatic carbocycles. The van der Waals surface area contributed by atoms with Crippen LogP contribution in [0.3, 0.4) is 0 Å². The van der Waals surface area contributed by atoms with Gasteiger partial charge in [-0.2, -0.15) is 0 Å². The number of aryl methyl sites for hydroxylation is 1. The van der Waals surface area contributed by atoms with Crippen molar-refractivity contribution in [1.29, 1.82) is 0 Å². The van der Waals surface area contributed by atoms with Gasteiger partial charge in [0.15, 0.2) is 10.6 Å². The van der Waals surface area contributed by atoms with E-state index in [4.69, 9.17) is 9.47 Å². The molecule has 1 saturated heterocycles. The Morgan fingerprint density at radius 3 is 2.44 bits per heavy atom. The highest BCUT2D eigenvalue weighted by atomic mass is 32.2. The third-order valence-corrected chi connectivity index (χ3v) is 8.69. The molecule has 0 spiro atoms. The maximum Gasteiger partial charge on any atom is 0.253 e. The minimum absolute atomic E-state index is 0.00264. The molecule has 1 aliphatic heterocycles. The molecule has 0 radical (unpaired) electrons. The van der Waals surface area contributed by atoms with Gasteiger partial charge < -0.3 is 19.9 Å². The summed E-state index contributed by atoms with van der Waals surface area (Å²) in [5.74, 6) is 0.644. The molecule has 2 N–H and O–H groups in total. The van der Waals surface area contributed by atoms with Crippen LogP contribution in [0, 0.1) is 12.8 Å². The average molecular weight is 563 g/mol. The molecule has 202 valence electrons. The fraction of sp³-hybridized carbons (Fsp3) is 0.310. The highest BCUT2D eigenvalue weighted by Gasteiger charge is 2.38. The fourth-order valence-corrected chi connectivity index (χ4v) is 6.38. The van der Waals surface area contributed by atoms with Crippen molar-refractivity contribution in [2.75, 3.05) is 5.75 Å². The van der Waals surface area contributed by atoms with Gasteiger partial charge in [-0.15, -0.1) is 10.2 Å². The maximum absolute atomic E-state index is 12.4. The molecule has 5 rings (SSSR count). The van der Waals surface area contributed by atoms with E-state index in [9.17, 15) is 9.90 Å². The zero-order chi connectivity index (χ0) is 27.2. The van der Waals surface area contributed by atoms with Crippen molar-refractivity contribution in [1.82, 2.24) is 20.5 Å². The van der Waals surface area contributed by atoms with Crippen molar-refractivity contribution in [2.24, 2.45) is 5.92 Å². The highest BCUT2D eigenvalue weighted by molar-refractivity contribution is 8.01. The van der Waals surface area contributed by atoms with Crippen molar-refractivity contribution in [3.05, 3.63) is 106 Å². The smallest absolute Gasteiger partial charge is 0.253 e. The molecule has 10 heteroatoms. The number of pyridine rings is 1. The van der Waals surface area contributed by atoms with Crippen LogP contribution in [-0.2, 0) is 22.6 Å². The third-order valence-electron chi connectivity index (χ3n) is 6.63. The Kier molecular flexibility index (Phi) is 9.00. The molecule has 0 saturated carbocycles. The van der Waals surface area contributed by atoms with E-state index in [1.807, 2.05) is 55.5 Å². The van der Waals surface area contributed by atoms with Crippen molar-refractivity contribution < 1.29 is 19.4 Å². The van der Waals surface area contributed by atoms with E-state index < -0.39 is 6.29 Å². The molecule has 4 aromatic rings. The number of thioether (sulfide) groups is 1. The lowest BCUT2D eigenvalue weighted by Crippen LogP contribution is -2.38. The van der Waals surface area contributed by atoms with Crippen LogP contribution in [0.25, 0.3) is 0 Å². The lowest BCUT2D eigenvalue weighted by atomic mass is 9.91. The van der Waals surface area contributed by atoms with Crippen LogP contribution in [0.1, 0.15) is 56.9 Å². The van der Waals surface area contributed by atoms with E-state index in [-0.39, 0.29) is 30.6 Å². The lowest BCUT2D eigenvalue weighted by molar-refractivity contribution is -0.268. The largest absolute Gasteiger partial charge is 0.392 e. The fourth-order valence-electron chi connectivity index (χ4n) is 4.37. The normalized spacial score (nSPS) is 21.0. The minimum Gasteiger partial charge on any atom is -0.392 e. The molecule has 1 fully saturated rings. The SMILES string of the molecule is Cc1nnc(SC[C@@H]2O[C@H](c3ccc(CNC(=O)c4cccnc4)cc3)O[C@H](c3ccc(CO)cc3)[C@@H]2C)s1. The van der Waals surface area contributed by atoms with E-state index in [2.05, 4.69) is 27.4 Å². The number of nitrogens with one attached hydrogen (secondary N) is 1. The molecule has 0 bridgehead atoms. The Morgan fingerprint density at radius 1 is 1.03 bits per heavy atom. The van der Waals surface area contributed by atoms with Crippen LogP contribution in [0.15, 0.2) is 77.4 Å².